The van der Waals surface area contributed by atoms with Gasteiger partial charge in [0.05, 0.1) is 0 Å². The molecule has 0 amide bonds. The van der Waals surface area contributed by atoms with E-state index in [2.05, 4.69) is 4.74 Å². The number of alkyl halides is 2. The van der Waals surface area contributed by atoms with E-state index < -0.39 is 46.8 Å². The Morgan fingerprint density at radius 2 is 1.79 bits per heavy atom. The van der Waals surface area contributed by atoms with E-state index in [0.29, 0.717) is 12.1 Å². The van der Waals surface area contributed by atoms with Gasteiger partial charge in [0.25, 0.3) is 0 Å². The number of benzene rings is 2. The molecule has 0 bridgehead atoms. The number of rotatable bonds is 5. The standard InChI is InChI=1S/C17H7ClF4O6/c18-7-1-2-8-10(5-7)27-14(15(23)24)12(8)6-3-9(19)13(20)11(4-6)28-17(21,22)16(25)26/h1-5H,(H,23,24)(H,25,26). The van der Waals surface area contributed by atoms with Crippen molar-refractivity contribution < 1.29 is 46.5 Å². The van der Waals surface area contributed by atoms with Gasteiger partial charge in [0.1, 0.15) is 5.58 Å². The number of aromatic carboxylic acids is 1. The van der Waals surface area contributed by atoms with Gasteiger partial charge in [0, 0.05) is 22.0 Å². The largest absolute Gasteiger partial charge is 0.502 e. The quantitative estimate of drug-likeness (QED) is 0.578. The molecule has 0 aliphatic carbocycles. The number of carboxylic acid groups (broad SMARTS) is 2. The van der Waals surface area contributed by atoms with Crippen LogP contribution in [0.2, 0.25) is 5.02 Å². The Kier molecular flexibility index (Phi) is 4.67. The van der Waals surface area contributed by atoms with E-state index in [4.69, 9.17) is 21.1 Å². The molecule has 0 aliphatic rings. The third-order valence-electron chi connectivity index (χ3n) is 3.62. The third kappa shape index (κ3) is 3.33. The lowest BCUT2D eigenvalue weighted by Crippen LogP contribution is -2.35. The Hall–Kier alpha value is -3.27. The van der Waals surface area contributed by atoms with Gasteiger partial charge in [-0.3, -0.25) is 0 Å². The maximum atomic E-state index is 14.0. The lowest BCUT2D eigenvalue weighted by molar-refractivity contribution is -0.211. The number of carbonyl (C=O) groups is 2. The minimum atomic E-state index is -4.85. The first-order valence-corrected chi connectivity index (χ1v) is 7.64. The van der Waals surface area contributed by atoms with Crippen LogP contribution in [0, 0.1) is 11.6 Å². The minimum absolute atomic E-state index is 0.0111. The Labute approximate surface area is 157 Å². The number of hydrogen-bond donors (Lipinski definition) is 2. The van der Waals surface area contributed by atoms with Crippen LogP contribution in [0.25, 0.3) is 22.1 Å². The highest BCUT2D eigenvalue weighted by atomic mass is 35.5. The van der Waals surface area contributed by atoms with E-state index in [1.807, 2.05) is 0 Å². The van der Waals surface area contributed by atoms with E-state index in [9.17, 15) is 32.3 Å². The smallest absolute Gasteiger partial charge is 0.475 e. The normalized spacial score (nSPS) is 11.6. The average molecular weight is 419 g/mol. The first-order chi connectivity index (χ1) is 13.0. The molecule has 0 spiro atoms. The molecule has 3 aromatic rings. The van der Waals surface area contributed by atoms with Crippen LogP contribution in [0.15, 0.2) is 34.7 Å². The molecule has 1 aromatic heterocycles. The van der Waals surface area contributed by atoms with E-state index in [0.717, 1.165) is 0 Å². The van der Waals surface area contributed by atoms with Crippen LogP contribution in [-0.4, -0.2) is 28.3 Å². The lowest BCUT2D eigenvalue weighted by Gasteiger charge is -2.15. The second-order valence-electron chi connectivity index (χ2n) is 5.45. The first-order valence-electron chi connectivity index (χ1n) is 7.26. The summed E-state index contributed by atoms with van der Waals surface area (Å²) in [7, 11) is 0. The molecule has 0 saturated carbocycles. The fourth-order valence-electron chi connectivity index (χ4n) is 2.47. The summed E-state index contributed by atoms with van der Waals surface area (Å²) in [5.41, 5.74) is -0.668. The van der Waals surface area contributed by atoms with Gasteiger partial charge in [-0.25, -0.2) is 14.0 Å². The van der Waals surface area contributed by atoms with Gasteiger partial charge >= 0.3 is 18.0 Å². The zero-order chi connectivity index (χ0) is 20.8. The molecule has 3 rings (SSSR count). The van der Waals surface area contributed by atoms with Crippen molar-refractivity contribution in [3.05, 3.63) is 52.7 Å². The number of ether oxygens (including phenoxy) is 1. The van der Waals surface area contributed by atoms with Crippen LogP contribution in [0.4, 0.5) is 17.6 Å². The Balaban J connectivity index is 2.26. The van der Waals surface area contributed by atoms with Gasteiger partial charge in [-0.2, -0.15) is 13.2 Å². The molecule has 0 unspecified atom stereocenters. The highest BCUT2D eigenvalue weighted by molar-refractivity contribution is 6.31. The van der Waals surface area contributed by atoms with Crippen LogP contribution < -0.4 is 4.74 Å². The Morgan fingerprint density at radius 1 is 1.11 bits per heavy atom. The molecule has 2 N–H and O–H groups in total. The summed E-state index contributed by atoms with van der Waals surface area (Å²) in [4.78, 5) is 22.0. The van der Waals surface area contributed by atoms with Gasteiger partial charge in [0.2, 0.25) is 11.6 Å². The van der Waals surface area contributed by atoms with Crippen molar-refractivity contribution in [1.82, 2.24) is 0 Å². The summed E-state index contributed by atoms with van der Waals surface area (Å²) in [6.45, 7) is 0. The zero-order valence-electron chi connectivity index (χ0n) is 13.3. The van der Waals surface area contributed by atoms with Crippen molar-refractivity contribution in [1.29, 1.82) is 0 Å². The third-order valence-corrected chi connectivity index (χ3v) is 3.85. The summed E-state index contributed by atoms with van der Waals surface area (Å²) in [5.74, 6) is -9.98. The maximum Gasteiger partial charge on any atom is 0.502 e. The molecule has 11 heteroatoms. The molecular formula is C17H7ClF4O6. The van der Waals surface area contributed by atoms with Gasteiger partial charge in [-0.05, 0) is 29.8 Å². The molecular weight excluding hydrogens is 412 g/mol. The number of carboxylic acids is 2. The highest BCUT2D eigenvalue weighted by Crippen LogP contribution is 2.39. The summed E-state index contributed by atoms with van der Waals surface area (Å²) in [6, 6.07) is 5.04. The predicted octanol–water partition coefficient (Wildman–Crippen LogP) is 4.79. The van der Waals surface area contributed by atoms with Crippen LogP contribution in [-0.2, 0) is 4.79 Å². The van der Waals surface area contributed by atoms with Crippen molar-refractivity contribution in [2.45, 2.75) is 6.11 Å². The molecule has 0 radical (unpaired) electrons. The van der Waals surface area contributed by atoms with Crippen molar-refractivity contribution in [3.8, 4) is 16.9 Å². The maximum absolute atomic E-state index is 14.0. The van der Waals surface area contributed by atoms with Crippen LogP contribution in [0.1, 0.15) is 10.6 Å². The molecule has 0 aliphatic heterocycles. The SMILES string of the molecule is O=C(O)c1oc2cc(Cl)ccc2c1-c1cc(F)c(F)c(OC(F)(F)C(=O)O)c1. The number of furan rings is 1. The first kappa shape index (κ1) is 19.5. The van der Waals surface area contributed by atoms with Gasteiger partial charge in [0.15, 0.2) is 11.6 Å². The fourth-order valence-corrected chi connectivity index (χ4v) is 2.63. The van der Waals surface area contributed by atoms with Crippen LogP contribution in [0.5, 0.6) is 5.75 Å². The Morgan fingerprint density at radius 3 is 2.39 bits per heavy atom. The number of hydrogen-bond acceptors (Lipinski definition) is 4. The minimum Gasteiger partial charge on any atom is -0.475 e. The van der Waals surface area contributed by atoms with Gasteiger partial charge in [-0.15, -0.1) is 0 Å². The van der Waals surface area contributed by atoms with E-state index in [-0.39, 0.29) is 21.6 Å². The highest BCUT2D eigenvalue weighted by Gasteiger charge is 2.43. The molecule has 2 aromatic carbocycles. The number of aliphatic carboxylic acids is 1. The summed E-state index contributed by atoms with van der Waals surface area (Å²) in [6.07, 6.45) is -4.85. The van der Waals surface area contributed by atoms with Crippen LogP contribution in [0.3, 0.4) is 0 Å². The lowest BCUT2D eigenvalue weighted by atomic mass is 10.0. The second-order valence-corrected chi connectivity index (χ2v) is 5.88. The molecule has 0 fully saturated rings. The zero-order valence-corrected chi connectivity index (χ0v) is 14.1. The molecule has 1 heterocycles. The topological polar surface area (TPSA) is 97.0 Å². The monoisotopic (exact) mass is 418 g/mol. The Bertz CT molecular complexity index is 1120. The van der Waals surface area contributed by atoms with Gasteiger partial charge in [-0.1, -0.05) is 11.6 Å². The summed E-state index contributed by atoms with van der Waals surface area (Å²) < 4.78 is 63.3. The molecule has 0 atom stereocenters. The van der Waals surface area contributed by atoms with Crippen molar-refractivity contribution >= 4 is 34.5 Å². The van der Waals surface area contributed by atoms with Crippen molar-refractivity contribution in [2.75, 3.05) is 0 Å². The number of fused-ring (bicyclic) bond motifs is 1. The van der Waals surface area contributed by atoms with Crippen molar-refractivity contribution in [3.63, 3.8) is 0 Å². The van der Waals surface area contributed by atoms with Crippen LogP contribution >= 0.6 is 11.6 Å². The molecule has 146 valence electrons. The van der Waals surface area contributed by atoms with E-state index in [1.54, 1.807) is 0 Å². The van der Waals surface area contributed by atoms with Gasteiger partial charge < -0.3 is 19.4 Å². The average Bonchev–Trinajstić information content (AvgIpc) is 2.97. The molecule has 6 nitrogen and oxygen atoms in total. The second kappa shape index (κ2) is 6.71. The molecule has 28 heavy (non-hydrogen) atoms. The molecule has 0 saturated heterocycles. The van der Waals surface area contributed by atoms with E-state index >= 15 is 0 Å². The van der Waals surface area contributed by atoms with Crippen molar-refractivity contribution in [2.24, 2.45) is 0 Å². The number of halogens is 5. The fraction of sp³-hybridized carbons (Fsp3) is 0.0588. The summed E-state index contributed by atoms with van der Waals surface area (Å²) in [5, 5.41) is 18.0. The summed E-state index contributed by atoms with van der Waals surface area (Å²) >= 11 is 5.80. The predicted molar refractivity (Wildman–Crippen MR) is 86.7 cm³/mol. The van der Waals surface area contributed by atoms with E-state index in [1.165, 1.54) is 18.2 Å².